The Labute approximate surface area is 169 Å². The van der Waals surface area contributed by atoms with Crippen LogP contribution >= 0.6 is 0 Å². The summed E-state index contributed by atoms with van der Waals surface area (Å²) >= 11 is 0. The Hall–Kier alpha value is -3.25. The summed E-state index contributed by atoms with van der Waals surface area (Å²) in [6.45, 7) is 2.47. The van der Waals surface area contributed by atoms with Gasteiger partial charge in [-0.2, -0.15) is 0 Å². The maximum atomic E-state index is 13.0. The molecule has 1 saturated heterocycles. The SMILES string of the molecule is O=C(Nc1ccccc1)c1ccc(N2CCC(NCc3ccc(F)cc3)C2)nc1. The number of aromatic nitrogens is 1. The van der Waals surface area contributed by atoms with Crippen molar-refractivity contribution in [3.05, 3.63) is 89.9 Å². The zero-order valence-corrected chi connectivity index (χ0v) is 16.0. The van der Waals surface area contributed by atoms with Gasteiger partial charge in [-0.1, -0.05) is 30.3 Å². The molecule has 29 heavy (non-hydrogen) atoms. The number of nitrogens with one attached hydrogen (secondary N) is 2. The van der Waals surface area contributed by atoms with E-state index in [4.69, 9.17) is 0 Å². The molecule has 0 spiro atoms. The third-order valence-electron chi connectivity index (χ3n) is 5.06. The molecule has 0 bridgehead atoms. The summed E-state index contributed by atoms with van der Waals surface area (Å²) in [4.78, 5) is 19.0. The highest BCUT2D eigenvalue weighted by Crippen LogP contribution is 2.19. The minimum atomic E-state index is -0.215. The molecule has 0 saturated carbocycles. The van der Waals surface area contributed by atoms with Crippen LogP contribution in [0.15, 0.2) is 72.9 Å². The van der Waals surface area contributed by atoms with Crippen LogP contribution in [-0.4, -0.2) is 30.0 Å². The molecule has 6 heteroatoms. The van der Waals surface area contributed by atoms with E-state index in [0.29, 0.717) is 18.2 Å². The lowest BCUT2D eigenvalue weighted by molar-refractivity contribution is 0.102. The van der Waals surface area contributed by atoms with Crippen LogP contribution in [0.3, 0.4) is 0 Å². The van der Waals surface area contributed by atoms with Gasteiger partial charge in [0.05, 0.1) is 5.56 Å². The average molecular weight is 390 g/mol. The molecule has 1 aliphatic heterocycles. The number of hydrogen-bond donors (Lipinski definition) is 2. The van der Waals surface area contributed by atoms with Gasteiger partial charge in [-0.25, -0.2) is 9.37 Å². The molecule has 1 atom stereocenters. The number of nitrogens with zero attached hydrogens (tertiary/aromatic N) is 2. The number of para-hydroxylation sites is 1. The standard InChI is InChI=1S/C23H23FN4O/c24-19-9-6-17(7-10-19)14-25-21-12-13-28(16-21)22-11-8-18(15-26-22)23(29)27-20-4-2-1-3-5-20/h1-11,15,21,25H,12-14,16H2,(H,27,29). The lowest BCUT2D eigenvalue weighted by Gasteiger charge is -2.18. The van der Waals surface area contributed by atoms with Gasteiger partial charge in [0, 0.05) is 37.6 Å². The van der Waals surface area contributed by atoms with Crippen molar-refractivity contribution in [3.8, 4) is 0 Å². The number of halogens is 1. The van der Waals surface area contributed by atoms with Crippen LogP contribution in [0, 0.1) is 5.82 Å². The normalized spacial score (nSPS) is 16.0. The van der Waals surface area contributed by atoms with E-state index in [1.165, 1.54) is 12.1 Å². The van der Waals surface area contributed by atoms with Crippen LogP contribution in [-0.2, 0) is 6.54 Å². The first kappa shape index (κ1) is 19.1. The number of carbonyl (C=O) groups is 1. The molecule has 2 heterocycles. The van der Waals surface area contributed by atoms with E-state index < -0.39 is 0 Å². The lowest BCUT2D eigenvalue weighted by atomic mass is 10.2. The second kappa shape index (κ2) is 8.84. The Morgan fingerprint density at radius 2 is 1.86 bits per heavy atom. The predicted molar refractivity (Wildman–Crippen MR) is 112 cm³/mol. The molecule has 5 nitrogen and oxygen atoms in total. The van der Waals surface area contributed by atoms with Gasteiger partial charge in [-0.15, -0.1) is 0 Å². The van der Waals surface area contributed by atoms with Crippen molar-refractivity contribution in [1.29, 1.82) is 0 Å². The highest BCUT2D eigenvalue weighted by Gasteiger charge is 2.23. The largest absolute Gasteiger partial charge is 0.355 e. The van der Waals surface area contributed by atoms with E-state index in [9.17, 15) is 9.18 Å². The molecule has 2 N–H and O–H groups in total. The topological polar surface area (TPSA) is 57.3 Å². The summed E-state index contributed by atoms with van der Waals surface area (Å²) in [5, 5.41) is 6.38. The van der Waals surface area contributed by atoms with Crippen molar-refractivity contribution >= 4 is 17.4 Å². The fourth-order valence-electron chi connectivity index (χ4n) is 3.43. The highest BCUT2D eigenvalue weighted by atomic mass is 19.1. The summed E-state index contributed by atoms with van der Waals surface area (Å²) in [5.74, 6) is 0.482. The van der Waals surface area contributed by atoms with E-state index in [1.54, 1.807) is 24.4 Å². The fraction of sp³-hybridized carbons (Fsp3) is 0.217. The second-order valence-electron chi connectivity index (χ2n) is 7.16. The van der Waals surface area contributed by atoms with Crippen LogP contribution in [0.5, 0.6) is 0 Å². The second-order valence-corrected chi connectivity index (χ2v) is 7.16. The molecular formula is C23H23FN4O. The van der Waals surface area contributed by atoms with Crippen molar-refractivity contribution < 1.29 is 9.18 Å². The predicted octanol–water partition coefficient (Wildman–Crippen LogP) is 3.84. The maximum Gasteiger partial charge on any atom is 0.257 e. The summed E-state index contributed by atoms with van der Waals surface area (Å²) in [7, 11) is 0. The number of pyridine rings is 1. The molecule has 3 aromatic rings. The lowest BCUT2D eigenvalue weighted by Crippen LogP contribution is -2.32. The Bertz CT molecular complexity index is 945. The Morgan fingerprint density at radius 3 is 2.59 bits per heavy atom. The summed E-state index contributed by atoms with van der Waals surface area (Å²) in [5.41, 5.74) is 2.36. The Morgan fingerprint density at radius 1 is 1.07 bits per heavy atom. The van der Waals surface area contributed by atoms with Gasteiger partial charge in [0.15, 0.2) is 0 Å². The van der Waals surface area contributed by atoms with Crippen LogP contribution in [0.4, 0.5) is 15.9 Å². The average Bonchev–Trinajstić information content (AvgIpc) is 3.23. The molecule has 0 radical (unpaired) electrons. The molecule has 1 aliphatic rings. The molecule has 0 aliphatic carbocycles. The maximum absolute atomic E-state index is 13.0. The highest BCUT2D eigenvalue weighted by molar-refractivity contribution is 6.04. The van der Waals surface area contributed by atoms with Gasteiger partial charge in [-0.05, 0) is 48.4 Å². The molecule has 1 fully saturated rings. The molecule has 148 valence electrons. The van der Waals surface area contributed by atoms with Crippen molar-refractivity contribution in [3.63, 3.8) is 0 Å². The van der Waals surface area contributed by atoms with Gasteiger partial charge in [-0.3, -0.25) is 4.79 Å². The van der Waals surface area contributed by atoms with Crippen molar-refractivity contribution in [1.82, 2.24) is 10.3 Å². The number of hydrogen-bond acceptors (Lipinski definition) is 4. The van der Waals surface area contributed by atoms with Crippen molar-refractivity contribution in [2.24, 2.45) is 0 Å². The van der Waals surface area contributed by atoms with Gasteiger partial charge in [0.1, 0.15) is 11.6 Å². The first-order chi connectivity index (χ1) is 14.2. The van der Waals surface area contributed by atoms with E-state index in [0.717, 1.165) is 36.6 Å². The molecule has 1 unspecified atom stereocenters. The van der Waals surface area contributed by atoms with E-state index in [-0.39, 0.29) is 11.7 Å². The third kappa shape index (κ3) is 4.97. The summed E-state index contributed by atoms with van der Waals surface area (Å²) in [6, 6.07) is 20.0. The Balaban J connectivity index is 1.30. The van der Waals surface area contributed by atoms with Crippen LogP contribution in [0.1, 0.15) is 22.3 Å². The number of benzene rings is 2. The summed E-state index contributed by atoms with van der Waals surface area (Å²) < 4.78 is 13.0. The minimum absolute atomic E-state index is 0.171. The molecular weight excluding hydrogens is 367 g/mol. The van der Waals surface area contributed by atoms with E-state index in [1.807, 2.05) is 36.4 Å². The van der Waals surface area contributed by atoms with Crippen molar-refractivity contribution in [2.45, 2.75) is 19.0 Å². The van der Waals surface area contributed by atoms with Gasteiger partial charge < -0.3 is 15.5 Å². The zero-order chi connectivity index (χ0) is 20.1. The van der Waals surface area contributed by atoms with Crippen molar-refractivity contribution in [2.75, 3.05) is 23.3 Å². The van der Waals surface area contributed by atoms with Crippen LogP contribution in [0.2, 0.25) is 0 Å². The fourth-order valence-corrected chi connectivity index (χ4v) is 3.43. The van der Waals surface area contributed by atoms with E-state index in [2.05, 4.69) is 20.5 Å². The number of anilines is 2. The first-order valence-electron chi connectivity index (χ1n) is 9.72. The first-order valence-corrected chi connectivity index (χ1v) is 9.72. The monoisotopic (exact) mass is 390 g/mol. The zero-order valence-electron chi connectivity index (χ0n) is 16.0. The molecule has 1 amide bonds. The number of amides is 1. The van der Waals surface area contributed by atoms with Gasteiger partial charge in [0.2, 0.25) is 0 Å². The third-order valence-corrected chi connectivity index (χ3v) is 5.06. The van der Waals surface area contributed by atoms with E-state index >= 15 is 0 Å². The molecule has 2 aromatic carbocycles. The van der Waals surface area contributed by atoms with Gasteiger partial charge in [0.25, 0.3) is 5.91 Å². The van der Waals surface area contributed by atoms with Crippen LogP contribution < -0.4 is 15.5 Å². The number of carbonyl (C=O) groups excluding carboxylic acids is 1. The number of rotatable bonds is 6. The quantitative estimate of drug-likeness (QED) is 0.671. The Kier molecular flexibility index (Phi) is 5.81. The molecule has 4 rings (SSSR count). The summed E-state index contributed by atoms with van der Waals surface area (Å²) in [6.07, 6.45) is 2.63. The van der Waals surface area contributed by atoms with Crippen LogP contribution in [0.25, 0.3) is 0 Å². The molecule has 1 aromatic heterocycles. The van der Waals surface area contributed by atoms with Gasteiger partial charge >= 0.3 is 0 Å². The minimum Gasteiger partial charge on any atom is -0.355 e. The smallest absolute Gasteiger partial charge is 0.257 e.